The SMILES string of the molecule is CC1CC2C(=O)N(c3ccccc3OCCN)C(=O)C2C1. The van der Waals surface area contributed by atoms with Crippen LogP contribution in [-0.2, 0) is 9.59 Å². The number of para-hydroxylation sites is 2. The molecule has 2 aliphatic rings. The molecule has 5 nitrogen and oxygen atoms in total. The predicted molar refractivity (Wildman–Crippen MR) is 78.9 cm³/mol. The second kappa shape index (κ2) is 5.48. The van der Waals surface area contributed by atoms with Gasteiger partial charge in [0.15, 0.2) is 0 Å². The summed E-state index contributed by atoms with van der Waals surface area (Å²) in [4.78, 5) is 26.5. The van der Waals surface area contributed by atoms with Crippen LogP contribution in [0.5, 0.6) is 5.75 Å². The minimum Gasteiger partial charge on any atom is -0.490 e. The Bertz CT molecular complexity index is 548. The van der Waals surface area contributed by atoms with Gasteiger partial charge in [-0.15, -0.1) is 0 Å². The molecule has 112 valence electrons. The van der Waals surface area contributed by atoms with E-state index in [1.165, 1.54) is 4.90 Å². The van der Waals surface area contributed by atoms with Crippen LogP contribution < -0.4 is 15.4 Å². The van der Waals surface area contributed by atoms with Gasteiger partial charge in [0.1, 0.15) is 12.4 Å². The molecule has 0 radical (unpaired) electrons. The number of fused-ring (bicyclic) bond motifs is 1. The Labute approximate surface area is 124 Å². The lowest BCUT2D eigenvalue weighted by molar-refractivity contribution is -0.123. The van der Waals surface area contributed by atoms with Gasteiger partial charge < -0.3 is 10.5 Å². The largest absolute Gasteiger partial charge is 0.490 e. The number of nitrogens with zero attached hydrogens (tertiary/aromatic N) is 1. The number of benzene rings is 1. The lowest BCUT2D eigenvalue weighted by Crippen LogP contribution is -2.32. The van der Waals surface area contributed by atoms with Crippen molar-refractivity contribution in [3.8, 4) is 5.75 Å². The zero-order chi connectivity index (χ0) is 15.0. The van der Waals surface area contributed by atoms with Crippen LogP contribution in [0.2, 0.25) is 0 Å². The Balaban J connectivity index is 1.91. The zero-order valence-electron chi connectivity index (χ0n) is 12.1. The first-order valence-corrected chi connectivity index (χ1v) is 7.43. The standard InChI is InChI=1S/C16H20N2O3/c1-10-8-11-12(9-10)16(20)18(15(11)19)13-4-2-3-5-14(13)21-7-6-17/h2-5,10-12H,6-9,17H2,1H3. The maximum Gasteiger partial charge on any atom is 0.237 e. The van der Waals surface area contributed by atoms with Crippen molar-refractivity contribution < 1.29 is 14.3 Å². The van der Waals surface area contributed by atoms with Gasteiger partial charge in [-0.2, -0.15) is 0 Å². The maximum atomic E-state index is 12.6. The Morgan fingerprint density at radius 2 is 1.81 bits per heavy atom. The van der Waals surface area contributed by atoms with E-state index in [9.17, 15) is 9.59 Å². The van der Waals surface area contributed by atoms with Crippen molar-refractivity contribution in [2.45, 2.75) is 19.8 Å². The van der Waals surface area contributed by atoms with Crippen molar-refractivity contribution in [2.75, 3.05) is 18.1 Å². The quantitative estimate of drug-likeness (QED) is 0.853. The molecule has 1 aliphatic carbocycles. The van der Waals surface area contributed by atoms with Gasteiger partial charge in [0.2, 0.25) is 11.8 Å². The summed E-state index contributed by atoms with van der Waals surface area (Å²) in [6.45, 7) is 2.84. The zero-order valence-corrected chi connectivity index (χ0v) is 12.1. The van der Waals surface area contributed by atoms with E-state index < -0.39 is 0 Å². The van der Waals surface area contributed by atoms with Crippen molar-refractivity contribution in [2.24, 2.45) is 23.5 Å². The van der Waals surface area contributed by atoms with E-state index in [1.807, 2.05) is 12.1 Å². The van der Waals surface area contributed by atoms with Crippen LogP contribution in [0.25, 0.3) is 0 Å². The van der Waals surface area contributed by atoms with Crippen LogP contribution in [0.1, 0.15) is 19.8 Å². The van der Waals surface area contributed by atoms with Crippen molar-refractivity contribution in [3.63, 3.8) is 0 Å². The third-order valence-corrected chi connectivity index (χ3v) is 4.36. The molecule has 2 N–H and O–H groups in total. The fourth-order valence-electron chi connectivity index (χ4n) is 3.45. The van der Waals surface area contributed by atoms with Gasteiger partial charge in [-0.3, -0.25) is 9.59 Å². The van der Waals surface area contributed by atoms with Crippen LogP contribution in [0.15, 0.2) is 24.3 Å². The molecule has 0 bridgehead atoms. The second-order valence-corrected chi connectivity index (χ2v) is 5.91. The van der Waals surface area contributed by atoms with Gasteiger partial charge in [0.05, 0.1) is 17.5 Å². The van der Waals surface area contributed by atoms with Gasteiger partial charge in [0.25, 0.3) is 0 Å². The highest BCUT2D eigenvalue weighted by Crippen LogP contribution is 2.45. The van der Waals surface area contributed by atoms with Crippen molar-refractivity contribution in [1.82, 2.24) is 0 Å². The number of ether oxygens (including phenoxy) is 1. The van der Waals surface area contributed by atoms with E-state index in [0.717, 1.165) is 12.8 Å². The van der Waals surface area contributed by atoms with Crippen molar-refractivity contribution >= 4 is 17.5 Å². The number of hydrogen-bond acceptors (Lipinski definition) is 4. The number of anilines is 1. The van der Waals surface area contributed by atoms with Crippen LogP contribution in [0.4, 0.5) is 5.69 Å². The lowest BCUT2D eigenvalue weighted by Gasteiger charge is -2.20. The monoisotopic (exact) mass is 288 g/mol. The Morgan fingerprint density at radius 1 is 1.19 bits per heavy atom. The minimum absolute atomic E-state index is 0.0850. The number of carbonyl (C=O) groups excluding carboxylic acids is 2. The molecule has 1 aliphatic heterocycles. The number of carbonyl (C=O) groups is 2. The predicted octanol–water partition coefficient (Wildman–Crippen LogP) is 1.56. The molecule has 0 spiro atoms. The number of hydrogen-bond donors (Lipinski definition) is 1. The molecule has 0 aromatic heterocycles. The molecule has 5 heteroatoms. The first kappa shape index (κ1) is 14.1. The van der Waals surface area contributed by atoms with E-state index in [0.29, 0.717) is 30.5 Å². The molecule has 1 saturated carbocycles. The van der Waals surface area contributed by atoms with Crippen LogP contribution in [0, 0.1) is 17.8 Å². The number of nitrogens with two attached hydrogens (primary N) is 1. The molecule has 2 fully saturated rings. The van der Waals surface area contributed by atoms with E-state index >= 15 is 0 Å². The molecule has 1 heterocycles. The van der Waals surface area contributed by atoms with Crippen LogP contribution in [-0.4, -0.2) is 25.0 Å². The number of imide groups is 1. The summed E-state index contributed by atoms with van der Waals surface area (Å²) >= 11 is 0. The first-order chi connectivity index (χ1) is 10.1. The highest BCUT2D eigenvalue weighted by molar-refractivity contribution is 6.22. The summed E-state index contributed by atoms with van der Waals surface area (Å²) in [7, 11) is 0. The van der Waals surface area contributed by atoms with Gasteiger partial charge in [-0.25, -0.2) is 4.90 Å². The van der Waals surface area contributed by atoms with Gasteiger partial charge >= 0.3 is 0 Å². The van der Waals surface area contributed by atoms with Gasteiger partial charge in [-0.1, -0.05) is 19.1 Å². The minimum atomic E-state index is -0.157. The summed E-state index contributed by atoms with van der Waals surface area (Å²) in [5.41, 5.74) is 6.00. The topological polar surface area (TPSA) is 72.6 Å². The average Bonchev–Trinajstić information content (AvgIpc) is 2.96. The molecule has 2 atom stereocenters. The molecule has 1 aromatic carbocycles. The maximum absolute atomic E-state index is 12.6. The van der Waals surface area contributed by atoms with E-state index in [1.54, 1.807) is 12.1 Å². The molecule has 3 rings (SSSR count). The fourth-order valence-corrected chi connectivity index (χ4v) is 3.45. The third-order valence-electron chi connectivity index (χ3n) is 4.36. The summed E-state index contributed by atoms with van der Waals surface area (Å²) in [5, 5.41) is 0. The number of rotatable bonds is 4. The molecular formula is C16H20N2O3. The fraction of sp³-hybridized carbons (Fsp3) is 0.500. The van der Waals surface area contributed by atoms with Crippen LogP contribution >= 0.6 is 0 Å². The van der Waals surface area contributed by atoms with Crippen molar-refractivity contribution in [3.05, 3.63) is 24.3 Å². The molecule has 1 aromatic rings. The highest BCUT2D eigenvalue weighted by atomic mass is 16.5. The lowest BCUT2D eigenvalue weighted by atomic mass is 10.00. The summed E-state index contributed by atoms with van der Waals surface area (Å²) in [6, 6.07) is 7.15. The highest BCUT2D eigenvalue weighted by Gasteiger charge is 2.52. The molecule has 2 unspecified atom stereocenters. The van der Waals surface area contributed by atoms with Crippen molar-refractivity contribution in [1.29, 1.82) is 0 Å². The molecule has 1 saturated heterocycles. The normalized spacial score (nSPS) is 28.1. The average molecular weight is 288 g/mol. The Kier molecular flexibility index (Phi) is 3.68. The molecule has 2 amide bonds. The summed E-state index contributed by atoms with van der Waals surface area (Å²) < 4.78 is 5.57. The van der Waals surface area contributed by atoms with E-state index in [4.69, 9.17) is 10.5 Å². The van der Waals surface area contributed by atoms with Crippen LogP contribution in [0.3, 0.4) is 0 Å². The molecule has 21 heavy (non-hydrogen) atoms. The van der Waals surface area contributed by atoms with E-state index in [-0.39, 0.29) is 23.7 Å². The third kappa shape index (κ3) is 2.31. The Morgan fingerprint density at radius 3 is 2.43 bits per heavy atom. The van der Waals surface area contributed by atoms with Gasteiger partial charge in [-0.05, 0) is 30.9 Å². The first-order valence-electron chi connectivity index (χ1n) is 7.43. The molecular weight excluding hydrogens is 268 g/mol. The van der Waals surface area contributed by atoms with E-state index in [2.05, 4.69) is 6.92 Å². The summed E-state index contributed by atoms with van der Waals surface area (Å²) in [5.74, 6) is 0.498. The number of amides is 2. The Hall–Kier alpha value is -1.88. The second-order valence-electron chi connectivity index (χ2n) is 5.91. The summed E-state index contributed by atoms with van der Waals surface area (Å²) in [6.07, 6.45) is 1.61. The van der Waals surface area contributed by atoms with Gasteiger partial charge in [0, 0.05) is 6.54 Å². The smallest absolute Gasteiger partial charge is 0.237 e.